The van der Waals surface area contributed by atoms with Crippen molar-refractivity contribution >= 4 is 39.7 Å². The summed E-state index contributed by atoms with van der Waals surface area (Å²) in [5.41, 5.74) is 3.02. The Balaban J connectivity index is 1.20. The predicted molar refractivity (Wildman–Crippen MR) is 128 cm³/mol. The number of ketones is 1. The third-order valence-electron chi connectivity index (χ3n) is 4.67. The minimum absolute atomic E-state index is 0.117. The lowest BCUT2D eigenvalue weighted by Crippen LogP contribution is -1.99. The molecular weight excluding hydrogens is 425 g/mol. The number of fused-ring (bicyclic) bond motifs is 1. The molecule has 0 radical (unpaired) electrons. The first-order chi connectivity index (χ1) is 15.7. The highest BCUT2D eigenvalue weighted by atomic mass is 32.1. The fraction of sp³-hybridized carbons (Fsp3) is 0.115. The lowest BCUT2D eigenvalue weighted by Gasteiger charge is -2.05. The van der Waals surface area contributed by atoms with Crippen LogP contribution in [0.15, 0.2) is 88.5 Å². The molecule has 1 aromatic heterocycles. The van der Waals surface area contributed by atoms with E-state index in [1.54, 1.807) is 42.5 Å². The summed E-state index contributed by atoms with van der Waals surface area (Å²) in [4.78, 5) is 16.7. The van der Waals surface area contributed by atoms with Crippen LogP contribution in [0.4, 0.5) is 4.39 Å². The smallest absolute Gasteiger partial charge is 0.247 e. The van der Waals surface area contributed by atoms with E-state index in [0.717, 1.165) is 46.6 Å². The number of hydrogen-bond donors (Lipinski definition) is 1. The Hall–Kier alpha value is -3.51. The van der Waals surface area contributed by atoms with Crippen molar-refractivity contribution in [1.82, 2.24) is 4.98 Å². The number of hydrogen-bond acceptors (Lipinski definition) is 4. The van der Waals surface area contributed by atoms with Crippen LogP contribution in [0, 0.1) is 5.82 Å². The van der Waals surface area contributed by atoms with Gasteiger partial charge < -0.3 is 9.15 Å². The quantitative estimate of drug-likeness (QED) is 0.107. The summed E-state index contributed by atoms with van der Waals surface area (Å²) < 4.78 is 24.4. The van der Waals surface area contributed by atoms with Crippen LogP contribution in [-0.4, -0.2) is 22.7 Å². The number of halogens is 1. The van der Waals surface area contributed by atoms with Gasteiger partial charge in [0.05, 0.1) is 6.61 Å². The zero-order valence-electron chi connectivity index (χ0n) is 17.3. The molecule has 162 valence electrons. The highest BCUT2D eigenvalue weighted by Gasteiger charge is 2.03. The van der Waals surface area contributed by atoms with Crippen LogP contribution < -0.4 is 4.74 Å². The van der Waals surface area contributed by atoms with Gasteiger partial charge in [-0.2, -0.15) is 0 Å². The number of allylic oxidation sites excluding steroid dienone is 1. The second-order valence-corrected chi connectivity index (χ2v) is 8.05. The molecule has 0 aliphatic rings. The van der Waals surface area contributed by atoms with E-state index in [9.17, 15) is 9.18 Å². The second-order valence-electron chi connectivity index (χ2n) is 7.04. The monoisotopic (exact) mass is 447 g/mol. The maximum atomic E-state index is 12.9. The van der Waals surface area contributed by atoms with Crippen molar-refractivity contribution < 1.29 is 18.3 Å². The first-order valence-electron chi connectivity index (χ1n) is 10.3. The number of rotatable bonds is 9. The SMILES string of the molecule is O=C(/C=C/c1ccc(F)cc1)c1ccc(OCCCC=[SH]c2nc3ccccc3o2)cc1. The number of carbonyl (C=O) groups is 1. The summed E-state index contributed by atoms with van der Waals surface area (Å²) in [6, 6.07) is 20.8. The van der Waals surface area contributed by atoms with E-state index in [-0.39, 0.29) is 11.6 Å². The first-order valence-corrected chi connectivity index (χ1v) is 11.2. The van der Waals surface area contributed by atoms with Crippen LogP contribution in [0.2, 0.25) is 0 Å². The highest BCUT2D eigenvalue weighted by molar-refractivity contribution is 7.97. The third-order valence-corrected chi connectivity index (χ3v) is 5.52. The molecule has 0 aliphatic carbocycles. The van der Waals surface area contributed by atoms with Gasteiger partial charge in [-0.3, -0.25) is 4.79 Å². The summed E-state index contributed by atoms with van der Waals surface area (Å²) in [5, 5.41) is 2.81. The van der Waals surface area contributed by atoms with Crippen molar-refractivity contribution in [2.45, 2.75) is 18.1 Å². The van der Waals surface area contributed by atoms with Crippen molar-refractivity contribution in [3.05, 3.63) is 95.8 Å². The van der Waals surface area contributed by atoms with Crippen LogP contribution in [0.5, 0.6) is 5.75 Å². The summed E-state index contributed by atoms with van der Waals surface area (Å²) in [6.07, 6.45) is 4.90. The van der Waals surface area contributed by atoms with Crippen molar-refractivity contribution in [3.8, 4) is 5.75 Å². The molecule has 0 spiro atoms. The molecule has 1 heterocycles. The van der Waals surface area contributed by atoms with Gasteiger partial charge in [0.1, 0.15) is 17.1 Å². The van der Waals surface area contributed by atoms with Gasteiger partial charge >= 0.3 is 0 Å². The van der Waals surface area contributed by atoms with E-state index in [1.165, 1.54) is 18.2 Å². The Morgan fingerprint density at radius 2 is 1.81 bits per heavy atom. The van der Waals surface area contributed by atoms with E-state index in [1.807, 2.05) is 24.3 Å². The van der Waals surface area contributed by atoms with Crippen molar-refractivity contribution in [1.29, 1.82) is 0 Å². The number of oxazole rings is 1. The van der Waals surface area contributed by atoms with Gasteiger partial charge in [0.15, 0.2) is 11.4 Å². The minimum atomic E-state index is -0.301. The summed E-state index contributed by atoms with van der Waals surface area (Å²) >= 11 is 0.954. The lowest BCUT2D eigenvalue weighted by molar-refractivity contribution is 0.104. The fourth-order valence-electron chi connectivity index (χ4n) is 2.98. The van der Waals surface area contributed by atoms with E-state index in [4.69, 9.17) is 9.15 Å². The van der Waals surface area contributed by atoms with Crippen LogP contribution in [0.1, 0.15) is 28.8 Å². The maximum Gasteiger partial charge on any atom is 0.247 e. The summed E-state index contributed by atoms with van der Waals surface area (Å²) in [5.74, 6) is 0.305. The number of thiol groups is 1. The molecule has 0 fully saturated rings. The number of benzene rings is 3. The van der Waals surface area contributed by atoms with Gasteiger partial charge in [0, 0.05) is 5.56 Å². The molecule has 0 saturated carbocycles. The van der Waals surface area contributed by atoms with Crippen molar-refractivity contribution in [2.75, 3.05) is 6.61 Å². The van der Waals surface area contributed by atoms with E-state index in [0.29, 0.717) is 17.4 Å². The highest BCUT2D eigenvalue weighted by Crippen LogP contribution is 2.19. The molecule has 32 heavy (non-hydrogen) atoms. The number of para-hydroxylation sites is 2. The van der Waals surface area contributed by atoms with Crippen molar-refractivity contribution in [2.24, 2.45) is 0 Å². The number of ether oxygens (including phenoxy) is 1. The average Bonchev–Trinajstić information content (AvgIpc) is 3.24. The Kier molecular flexibility index (Phi) is 7.25. The topological polar surface area (TPSA) is 52.3 Å². The first kappa shape index (κ1) is 21.7. The Morgan fingerprint density at radius 1 is 1.03 bits per heavy atom. The predicted octanol–water partition coefficient (Wildman–Crippen LogP) is 6.35. The lowest BCUT2D eigenvalue weighted by atomic mass is 10.1. The number of carbonyl (C=O) groups excluding carboxylic acids is 1. The van der Waals surface area contributed by atoms with Gasteiger partial charge in [0.25, 0.3) is 0 Å². The molecule has 0 atom stereocenters. The van der Waals surface area contributed by atoms with E-state index < -0.39 is 0 Å². The van der Waals surface area contributed by atoms with Gasteiger partial charge in [-0.05, 0) is 73.0 Å². The molecule has 3 aromatic carbocycles. The fourth-order valence-corrected chi connectivity index (χ4v) is 3.76. The second kappa shape index (κ2) is 10.7. The normalized spacial score (nSPS) is 11.8. The standard InChI is InChI=1S/C26H22FNO3S/c27-21-12-7-19(8-13-21)9-16-24(29)20-10-14-22(15-11-20)30-17-3-4-18-32-26-28-23-5-1-2-6-25(23)31-26/h1-2,5-16,18,32H,3-4,17H2/b16-9+. The average molecular weight is 448 g/mol. The molecule has 6 heteroatoms. The number of nitrogens with zero attached hydrogens (tertiary/aromatic N) is 1. The molecule has 0 N–H and O–H groups in total. The van der Waals surface area contributed by atoms with Crippen LogP contribution in [0.3, 0.4) is 0 Å². The molecule has 4 rings (SSSR count). The molecule has 0 saturated heterocycles. The summed E-state index contributed by atoms with van der Waals surface area (Å²) in [6.45, 7) is 0.581. The molecule has 0 amide bonds. The van der Waals surface area contributed by atoms with Gasteiger partial charge in [-0.1, -0.05) is 35.7 Å². The van der Waals surface area contributed by atoms with Gasteiger partial charge in [-0.25, -0.2) is 9.37 Å². The molecular formula is C26H22FNO3S. The zero-order valence-corrected chi connectivity index (χ0v) is 18.2. The number of aromatic nitrogens is 1. The molecule has 4 aromatic rings. The van der Waals surface area contributed by atoms with Crippen molar-refractivity contribution in [3.63, 3.8) is 0 Å². The van der Waals surface area contributed by atoms with E-state index in [2.05, 4.69) is 10.4 Å². The summed E-state index contributed by atoms with van der Waals surface area (Å²) in [7, 11) is 0. The van der Waals surface area contributed by atoms with E-state index >= 15 is 0 Å². The molecule has 0 aliphatic heterocycles. The Labute approximate surface area is 189 Å². The van der Waals surface area contributed by atoms with Gasteiger partial charge in [-0.15, -0.1) is 11.4 Å². The largest absolute Gasteiger partial charge is 0.494 e. The number of unbranched alkanes of at least 4 members (excludes halogenated alkanes) is 1. The molecule has 0 bridgehead atoms. The van der Waals surface area contributed by atoms with Crippen LogP contribution >= 0.6 is 11.4 Å². The molecule has 4 nitrogen and oxygen atoms in total. The van der Waals surface area contributed by atoms with Gasteiger partial charge in [0.2, 0.25) is 5.22 Å². The minimum Gasteiger partial charge on any atom is -0.494 e. The Bertz CT molecular complexity index is 1210. The van der Waals surface area contributed by atoms with Crippen LogP contribution in [-0.2, 0) is 0 Å². The van der Waals surface area contributed by atoms with Crippen LogP contribution in [0.25, 0.3) is 17.2 Å². The molecule has 0 unspecified atom stereocenters. The Morgan fingerprint density at radius 3 is 2.59 bits per heavy atom. The third kappa shape index (κ3) is 6.02. The maximum absolute atomic E-state index is 12.9. The zero-order chi connectivity index (χ0) is 22.2.